The van der Waals surface area contributed by atoms with E-state index in [1.54, 1.807) is 17.7 Å². The number of hydrogen-bond donors (Lipinski definition) is 1. The second-order valence-electron chi connectivity index (χ2n) is 11.9. The minimum atomic E-state index is -0.982. The Balaban J connectivity index is 1.52. The fourth-order valence-corrected chi connectivity index (χ4v) is 6.49. The number of ether oxygens (including phenoxy) is 1. The third kappa shape index (κ3) is 5.77. The first kappa shape index (κ1) is 32.3. The van der Waals surface area contributed by atoms with Crippen LogP contribution in [0.1, 0.15) is 42.1 Å². The summed E-state index contributed by atoms with van der Waals surface area (Å²) in [5.41, 5.74) is 4.67. The molecule has 9 heteroatoms. The predicted octanol–water partition coefficient (Wildman–Crippen LogP) is 9.15. The summed E-state index contributed by atoms with van der Waals surface area (Å²) >= 11 is 0. The van der Waals surface area contributed by atoms with Crippen LogP contribution in [0.2, 0.25) is 0 Å². The Morgan fingerprint density at radius 3 is 1.98 bits per heavy atom. The molecular weight excluding hydrogens is 630 g/mol. The zero-order valence-electron chi connectivity index (χ0n) is 27.6. The van der Waals surface area contributed by atoms with Gasteiger partial charge in [-0.2, -0.15) is 10.1 Å². The number of hydrogen-bond acceptors (Lipinski definition) is 4. The van der Waals surface area contributed by atoms with Crippen LogP contribution < -0.4 is 0 Å². The van der Waals surface area contributed by atoms with E-state index in [9.17, 15) is 4.39 Å². The quantitative estimate of drug-likeness (QED) is 0.0950. The Hall–Kier alpha value is -6.22. The molecule has 0 bridgehead atoms. The van der Waals surface area contributed by atoms with Crippen molar-refractivity contribution in [2.75, 3.05) is 7.11 Å². The molecule has 0 aliphatic carbocycles. The Bertz CT molecular complexity index is 2220. The van der Waals surface area contributed by atoms with Gasteiger partial charge in [-0.15, -0.1) is 0 Å². The lowest BCUT2D eigenvalue weighted by Gasteiger charge is -2.36. The summed E-state index contributed by atoms with van der Waals surface area (Å²) in [4.78, 5) is 8.93. The minimum Gasteiger partial charge on any atom is -0.484 e. The number of rotatable bonds is 9. The highest BCUT2D eigenvalue weighted by Gasteiger charge is 2.40. The first-order chi connectivity index (χ1) is 24.4. The normalized spacial score (nSPS) is 12.0. The van der Waals surface area contributed by atoms with Crippen molar-refractivity contribution < 1.29 is 13.5 Å². The number of imidazole rings is 1. The number of pyridine rings is 1. The molecule has 0 amide bonds. The van der Waals surface area contributed by atoms with Crippen LogP contribution in [-0.2, 0) is 10.3 Å². The van der Waals surface area contributed by atoms with Crippen LogP contribution in [-0.4, -0.2) is 38.0 Å². The molecule has 0 spiro atoms. The molecule has 50 heavy (non-hydrogen) atoms. The number of fused-ring (bicyclic) bond motifs is 1. The van der Waals surface area contributed by atoms with Gasteiger partial charge in [-0.05, 0) is 47.4 Å². The molecule has 1 N–H and O–H groups in total. The average Bonchev–Trinajstić information content (AvgIpc) is 3.78. The van der Waals surface area contributed by atoms with Gasteiger partial charge in [0.15, 0.2) is 11.7 Å². The Kier molecular flexibility index (Phi) is 8.87. The van der Waals surface area contributed by atoms with E-state index in [2.05, 4.69) is 46.4 Å². The van der Waals surface area contributed by atoms with E-state index >= 15 is 4.39 Å². The van der Waals surface area contributed by atoms with Crippen LogP contribution in [0, 0.1) is 17.0 Å². The fraction of sp³-hybridized carbons (Fsp3) is 0.122. The van der Waals surface area contributed by atoms with Gasteiger partial charge < -0.3 is 4.74 Å². The summed E-state index contributed by atoms with van der Waals surface area (Å²) in [6.45, 7) is 2.02. The van der Waals surface area contributed by atoms with Gasteiger partial charge in [-0.1, -0.05) is 97.9 Å². The number of halogens is 2. The molecule has 0 aliphatic rings. The van der Waals surface area contributed by atoms with Crippen LogP contribution >= 0.6 is 0 Å². The number of benzene rings is 4. The monoisotopic (exact) mass is 664 g/mol. The third-order valence-corrected chi connectivity index (χ3v) is 8.81. The molecule has 7 nitrogen and oxygen atoms in total. The molecule has 0 radical (unpaired) electrons. The SMILES string of the molecule is CCCC(=NC(=N)c1cnc2ccc(-c3cn(C(c4ccccc4)(c4ccccc4)c4ccccc4)nc3-c3ccc(F)cc3F)cn12)OC. The predicted molar refractivity (Wildman–Crippen MR) is 193 cm³/mol. The van der Waals surface area contributed by atoms with Crippen molar-refractivity contribution in [3.63, 3.8) is 0 Å². The summed E-state index contributed by atoms with van der Waals surface area (Å²) in [6.07, 6.45) is 6.77. The summed E-state index contributed by atoms with van der Waals surface area (Å²) in [7, 11) is 1.54. The molecule has 3 heterocycles. The van der Waals surface area contributed by atoms with Gasteiger partial charge in [0.25, 0.3) is 0 Å². The number of methoxy groups -OCH3 is 1. The van der Waals surface area contributed by atoms with Gasteiger partial charge in [0.05, 0.1) is 13.3 Å². The van der Waals surface area contributed by atoms with Crippen LogP contribution in [0.25, 0.3) is 28.0 Å². The van der Waals surface area contributed by atoms with Crippen LogP contribution in [0.3, 0.4) is 0 Å². The number of nitrogens with zero attached hydrogens (tertiary/aromatic N) is 5. The van der Waals surface area contributed by atoms with Crippen molar-refractivity contribution in [2.24, 2.45) is 4.99 Å². The van der Waals surface area contributed by atoms with E-state index in [-0.39, 0.29) is 11.4 Å². The third-order valence-electron chi connectivity index (χ3n) is 8.81. The van der Waals surface area contributed by atoms with E-state index in [4.69, 9.17) is 15.2 Å². The summed E-state index contributed by atoms with van der Waals surface area (Å²) < 4.78 is 39.0. The van der Waals surface area contributed by atoms with Crippen LogP contribution in [0.15, 0.2) is 145 Å². The average molecular weight is 665 g/mol. The largest absolute Gasteiger partial charge is 0.484 e. The number of nitrogens with one attached hydrogen (secondary N) is 1. The Morgan fingerprint density at radius 1 is 0.800 bits per heavy atom. The summed E-state index contributed by atoms with van der Waals surface area (Å²) in [5, 5.41) is 14.0. The second kappa shape index (κ2) is 13.7. The number of amidine groups is 1. The molecule has 0 saturated carbocycles. The molecule has 0 fully saturated rings. The molecule has 0 saturated heterocycles. The van der Waals surface area contributed by atoms with E-state index in [1.807, 2.05) is 90.7 Å². The minimum absolute atomic E-state index is 0.00306. The fourth-order valence-electron chi connectivity index (χ4n) is 6.49. The van der Waals surface area contributed by atoms with Crippen molar-refractivity contribution in [1.29, 1.82) is 5.41 Å². The second-order valence-corrected chi connectivity index (χ2v) is 11.9. The van der Waals surface area contributed by atoms with E-state index in [0.717, 1.165) is 29.2 Å². The van der Waals surface area contributed by atoms with E-state index in [0.29, 0.717) is 40.5 Å². The highest BCUT2D eigenvalue weighted by molar-refractivity contribution is 6.02. The van der Waals surface area contributed by atoms with Crippen molar-refractivity contribution in [1.82, 2.24) is 19.2 Å². The molecule has 3 aromatic heterocycles. The first-order valence-corrected chi connectivity index (χ1v) is 16.3. The van der Waals surface area contributed by atoms with Crippen LogP contribution in [0.4, 0.5) is 8.78 Å². The molecule has 0 aliphatic heterocycles. The molecule has 248 valence electrons. The molecule has 0 unspecified atom stereocenters. The summed E-state index contributed by atoms with van der Waals surface area (Å²) in [5.74, 6) is -0.957. The lowest BCUT2D eigenvalue weighted by molar-refractivity contribution is 0.390. The molecule has 7 aromatic rings. The van der Waals surface area contributed by atoms with E-state index in [1.165, 1.54) is 12.1 Å². The maximum absolute atomic E-state index is 15.7. The van der Waals surface area contributed by atoms with Gasteiger partial charge in [0, 0.05) is 41.6 Å². The molecular formula is C41H34F2N6O. The lowest BCUT2D eigenvalue weighted by Crippen LogP contribution is -2.38. The zero-order valence-corrected chi connectivity index (χ0v) is 27.6. The van der Waals surface area contributed by atoms with Crippen molar-refractivity contribution in [3.8, 4) is 22.4 Å². The first-order valence-electron chi connectivity index (χ1n) is 16.3. The van der Waals surface area contributed by atoms with Gasteiger partial charge in [-0.3, -0.25) is 14.5 Å². The summed E-state index contributed by atoms with van der Waals surface area (Å²) in [6, 6.07) is 37.4. The van der Waals surface area contributed by atoms with Crippen LogP contribution in [0.5, 0.6) is 0 Å². The van der Waals surface area contributed by atoms with Crippen molar-refractivity contribution in [2.45, 2.75) is 25.3 Å². The van der Waals surface area contributed by atoms with Gasteiger partial charge in [0.2, 0.25) is 0 Å². The molecule has 0 atom stereocenters. The Labute approximate surface area is 288 Å². The highest BCUT2D eigenvalue weighted by Crippen LogP contribution is 2.43. The smallest absolute Gasteiger partial charge is 0.189 e. The standard InChI is InChI=1S/C41H34F2N6O/c1-3-13-38(50-2)46-40(44)36-25-45-37-23-20-28(26-48(36)37)34-27-49(47-39(34)33-22-21-32(42)24-35(33)43)41(29-14-7-4-8-15-29,30-16-9-5-10-17-30)31-18-11-6-12-19-31/h4-12,14-27,44H,3,13H2,1-2H3. The molecule has 4 aromatic carbocycles. The highest BCUT2D eigenvalue weighted by atomic mass is 19.1. The maximum atomic E-state index is 15.7. The van der Waals surface area contributed by atoms with Crippen molar-refractivity contribution in [3.05, 3.63) is 174 Å². The van der Waals surface area contributed by atoms with Crippen molar-refractivity contribution >= 4 is 17.4 Å². The van der Waals surface area contributed by atoms with E-state index < -0.39 is 17.2 Å². The zero-order chi connectivity index (χ0) is 34.7. The molecule has 7 rings (SSSR count). The van der Waals surface area contributed by atoms with Gasteiger partial charge in [0.1, 0.15) is 34.2 Å². The van der Waals surface area contributed by atoms with Gasteiger partial charge >= 0.3 is 0 Å². The Morgan fingerprint density at radius 2 is 1.42 bits per heavy atom. The number of aromatic nitrogens is 4. The topological polar surface area (TPSA) is 80.6 Å². The lowest BCUT2D eigenvalue weighted by atomic mass is 9.77. The maximum Gasteiger partial charge on any atom is 0.189 e. The van der Waals surface area contributed by atoms with Gasteiger partial charge in [-0.25, -0.2) is 13.8 Å². The number of aliphatic imine (C=N–C) groups is 1.